The number of aliphatic hydroxyl groups excluding tert-OH is 1. The van der Waals surface area contributed by atoms with Crippen molar-refractivity contribution in [3.8, 4) is 5.69 Å². The molecule has 88 valence electrons. The molecule has 0 amide bonds. The predicted octanol–water partition coefficient (Wildman–Crippen LogP) is 2.03. The van der Waals surface area contributed by atoms with Crippen LogP contribution in [0.5, 0.6) is 0 Å². The van der Waals surface area contributed by atoms with Crippen molar-refractivity contribution in [3.05, 3.63) is 47.3 Å². The summed E-state index contributed by atoms with van der Waals surface area (Å²) < 4.78 is 2.02. The number of aryl methyl sites for hydroxylation is 1. The first-order valence-corrected chi connectivity index (χ1v) is 6.06. The summed E-state index contributed by atoms with van der Waals surface area (Å²) in [6.07, 6.45) is 2.29. The molecule has 3 rings (SSSR count). The van der Waals surface area contributed by atoms with Gasteiger partial charge in [0.15, 0.2) is 0 Å². The van der Waals surface area contributed by atoms with Crippen molar-refractivity contribution in [2.24, 2.45) is 0 Å². The third-order valence-electron chi connectivity index (χ3n) is 3.45. The lowest BCUT2D eigenvalue weighted by Gasteiger charge is -2.18. The Morgan fingerprint density at radius 2 is 2.06 bits per heavy atom. The quantitative estimate of drug-likeness (QED) is 0.811. The standard InChI is InChI=1S/C14H16N2O/c1-10-13-9-12(17)7-8-14(13)16(15-10)11-5-3-2-4-6-11/h2-6,12,17H,7-9H2,1H3. The first-order chi connectivity index (χ1) is 8.25. The molecule has 1 aromatic carbocycles. The van der Waals surface area contributed by atoms with Crippen LogP contribution in [0, 0.1) is 6.92 Å². The number of rotatable bonds is 1. The van der Waals surface area contributed by atoms with E-state index in [4.69, 9.17) is 0 Å². The Morgan fingerprint density at radius 1 is 1.29 bits per heavy atom. The van der Waals surface area contributed by atoms with E-state index in [1.165, 1.54) is 11.3 Å². The second-order valence-electron chi connectivity index (χ2n) is 4.65. The molecule has 1 aromatic heterocycles. The summed E-state index contributed by atoms with van der Waals surface area (Å²) in [7, 11) is 0. The number of hydrogen-bond donors (Lipinski definition) is 1. The zero-order valence-corrected chi connectivity index (χ0v) is 9.93. The normalized spacial score (nSPS) is 19.1. The van der Waals surface area contributed by atoms with Crippen molar-refractivity contribution in [3.63, 3.8) is 0 Å². The van der Waals surface area contributed by atoms with E-state index >= 15 is 0 Å². The van der Waals surface area contributed by atoms with Gasteiger partial charge in [0.05, 0.1) is 17.5 Å². The molecule has 1 atom stereocenters. The summed E-state index contributed by atoms with van der Waals surface area (Å²) >= 11 is 0. The highest BCUT2D eigenvalue weighted by Crippen LogP contribution is 2.26. The van der Waals surface area contributed by atoms with E-state index in [-0.39, 0.29) is 6.10 Å². The summed E-state index contributed by atoms with van der Waals surface area (Å²) in [5, 5.41) is 14.3. The van der Waals surface area contributed by atoms with Crippen LogP contribution >= 0.6 is 0 Å². The van der Waals surface area contributed by atoms with Gasteiger partial charge in [-0.2, -0.15) is 5.10 Å². The molecule has 1 N–H and O–H groups in total. The highest BCUT2D eigenvalue weighted by molar-refractivity contribution is 5.38. The molecule has 0 fully saturated rings. The van der Waals surface area contributed by atoms with Crippen LogP contribution in [0.3, 0.4) is 0 Å². The van der Waals surface area contributed by atoms with E-state index in [0.717, 1.165) is 30.6 Å². The number of aliphatic hydroxyl groups is 1. The number of hydrogen-bond acceptors (Lipinski definition) is 2. The fraction of sp³-hybridized carbons (Fsp3) is 0.357. The maximum atomic E-state index is 9.72. The monoisotopic (exact) mass is 228 g/mol. The third-order valence-corrected chi connectivity index (χ3v) is 3.45. The van der Waals surface area contributed by atoms with Crippen LogP contribution in [0.1, 0.15) is 23.4 Å². The van der Waals surface area contributed by atoms with Crippen molar-refractivity contribution in [1.29, 1.82) is 0 Å². The third kappa shape index (κ3) is 1.76. The Balaban J connectivity index is 2.11. The fourth-order valence-corrected chi connectivity index (χ4v) is 2.55. The van der Waals surface area contributed by atoms with Crippen molar-refractivity contribution in [2.75, 3.05) is 0 Å². The molecular formula is C14H16N2O. The Kier molecular flexibility index (Phi) is 2.48. The lowest BCUT2D eigenvalue weighted by molar-refractivity contribution is 0.157. The summed E-state index contributed by atoms with van der Waals surface area (Å²) in [6.45, 7) is 2.02. The van der Waals surface area contributed by atoms with Crippen LogP contribution in [-0.2, 0) is 12.8 Å². The van der Waals surface area contributed by atoms with Crippen molar-refractivity contribution in [2.45, 2.75) is 32.3 Å². The molecule has 0 saturated heterocycles. The van der Waals surface area contributed by atoms with E-state index < -0.39 is 0 Å². The highest BCUT2D eigenvalue weighted by Gasteiger charge is 2.23. The van der Waals surface area contributed by atoms with Gasteiger partial charge in [-0.3, -0.25) is 0 Å². The molecule has 0 aliphatic heterocycles. The Labute approximate surface area is 101 Å². The molecule has 2 aromatic rings. The molecule has 17 heavy (non-hydrogen) atoms. The lowest BCUT2D eigenvalue weighted by atomic mass is 9.93. The van der Waals surface area contributed by atoms with Crippen molar-refractivity contribution < 1.29 is 5.11 Å². The van der Waals surface area contributed by atoms with E-state index in [1.807, 2.05) is 29.8 Å². The molecule has 0 bridgehead atoms. The molecule has 0 radical (unpaired) electrons. The minimum Gasteiger partial charge on any atom is -0.393 e. The van der Waals surface area contributed by atoms with Crippen LogP contribution in [0.2, 0.25) is 0 Å². The van der Waals surface area contributed by atoms with Crippen LogP contribution in [-0.4, -0.2) is 21.0 Å². The topological polar surface area (TPSA) is 38.0 Å². The number of fused-ring (bicyclic) bond motifs is 1. The molecule has 0 spiro atoms. The molecule has 1 unspecified atom stereocenters. The number of nitrogens with zero attached hydrogens (tertiary/aromatic N) is 2. The van der Waals surface area contributed by atoms with Gasteiger partial charge in [-0.15, -0.1) is 0 Å². The summed E-state index contributed by atoms with van der Waals surface area (Å²) in [6, 6.07) is 10.2. The fourth-order valence-electron chi connectivity index (χ4n) is 2.55. The van der Waals surface area contributed by atoms with Crippen molar-refractivity contribution in [1.82, 2.24) is 9.78 Å². The van der Waals surface area contributed by atoms with Crippen molar-refractivity contribution >= 4 is 0 Å². The SMILES string of the molecule is Cc1nn(-c2ccccc2)c2c1CC(O)CC2. The van der Waals surface area contributed by atoms with Gasteiger partial charge in [-0.1, -0.05) is 18.2 Å². The molecule has 3 heteroatoms. The van der Waals surface area contributed by atoms with E-state index in [9.17, 15) is 5.11 Å². The maximum absolute atomic E-state index is 9.72. The summed E-state index contributed by atoms with van der Waals surface area (Å²) in [5.74, 6) is 0. The van der Waals surface area contributed by atoms with Crippen LogP contribution < -0.4 is 0 Å². The molecule has 1 aliphatic rings. The van der Waals surface area contributed by atoms with E-state index in [1.54, 1.807) is 0 Å². The molecule has 0 saturated carbocycles. The predicted molar refractivity (Wildman–Crippen MR) is 66.3 cm³/mol. The van der Waals surface area contributed by atoms with Crippen LogP contribution in [0.15, 0.2) is 30.3 Å². The van der Waals surface area contributed by atoms with Gasteiger partial charge >= 0.3 is 0 Å². The number of para-hydroxylation sites is 1. The first kappa shape index (κ1) is 10.5. The summed E-state index contributed by atoms with van der Waals surface area (Å²) in [5.41, 5.74) is 4.64. The summed E-state index contributed by atoms with van der Waals surface area (Å²) in [4.78, 5) is 0. The van der Waals surface area contributed by atoms with Gasteiger partial charge < -0.3 is 5.11 Å². The average molecular weight is 228 g/mol. The Hall–Kier alpha value is -1.61. The number of aromatic nitrogens is 2. The van der Waals surface area contributed by atoms with E-state index in [2.05, 4.69) is 17.2 Å². The second-order valence-corrected chi connectivity index (χ2v) is 4.65. The second kappa shape index (κ2) is 4.00. The molecular weight excluding hydrogens is 212 g/mol. The molecule has 3 nitrogen and oxygen atoms in total. The largest absolute Gasteiger partial charge is 0.393 e. The molecule has 1 aliphatic carbocycles. The maximum Gasteiger partial charge on any atom is 0.0649 e. The highest BCUT2D eigenvalue weighted by atomic mass is 16.3. The smallest absolute Gasteiger partial charge is 0.0649 e. The van der Waals surface area contributed by atoms with Gasteiger partial charge in [0, 0.05) is 12.1 Å². The van der Waals surface area contributed by atoms with Gasteiger partial charge in [0.1, 0.15) is 0 Å². The van der Waals surface area contributed by atoms with E-state index in [0.29, 0.717) is 0 Å². The Morgan fingerprint density at radius 3 is 2.82 bits per heavy atom. The van der Waals surface area contributed by atoms with Gasteiger partial charge in [-0.25, -0.2) is 4.68 Å². The minimum atomic E-state index is -0.199. The first-order valence-electron chi connectivity index (χ1n) is 6.06. The lowest BCUT2D eigenvalue weighted by Crippen LogP contribution is -2.19. The van der Waals surface area contributed by atoms with Crippen LogP contribution in [0.4, 0.5) is 0 Å². The van der Waals surface area contributed by atoms with Gasteiger partial charge in [0.2, 0.25) is 0 Å². The average Bonchev–Trinajstić information content (AvgIpc) is 2.68. The number of benzene rings is 1. The van der Waals surface area contributed by atoms with Crippen LogP contribution in [0.25, 0.3) is 5.69 Å². The molecule has 1 heterocycles. The zero-order chi connectivity index (χ0) is 11.8. The zero-order valence-electron chi connectivity index (χ0n) is 9.93. The minimum absolute atomic E-state index is 0.199. The Bertz CT molecular complexity index is 531. The van der Waals surface area contributed by atoms with Gasteiger partial charge in [-0.05, 0) is 37.5 Å². The van der Waals surface area contributed by atoms with Gasteiger partial charge in [0.25, 0.3) is 0 Å².